The van der Waals surface area contributed by atoms with E-state index in [1.807, 2.05) is 6.92 Å². The van der Waals surface area contributed by atoms with Crippen LogP contribution in [-0.2, 0) is 28.7 Å². The number of hydrogen-bond acceptors (Lipinski definition) is 9. The van der Waals surface area contributed by atoms with Crippen LogP contribution in [0, 0.1) is 17.8 Å². The van der Waals surface area contributed by atoms with Gasteiger partial charge in [0, 0.05) is 17.4 Å². The van der Waals surface area contributed by atoms with E-state index in [1.54, 1.807) is 0 Å². The maximum atomic E-state index is 12.6. The molecule has 34 heavy (non-hydrogen) atoms. The summed E-state index contributed by atoms with van der Waals surface area (Å²) >= 11 is 1.26. The van der Waals surface area contributed by atoms with E-state index < -0.39 is 66.0 Å². The van der Waals surface area contributed by atoms with Gasteiger partial charge in [-0.2, -0.15) is 11.8 Å². The molecule has 2 amide bonds. The summed E-state index contributed by atoms with van der Waals surface area (Å²) < 4.78 is 5.46. The van der Waals surface area contributed by atoms with E-state index in [-0.39, 0.29) is 35.7 Å². The van der Waals surface area contributed by atoms with Gasteiger partial charge in [0.15, 0.2) is 0 Å². The first-order valence-corrected chi connectivity index (χ1v) is 12.3. The Morgan fingerprint density at radius 3 is 2.62 bits per heavy atom. The van der Waals surface area contributed by atoms with E-state index in [4.69, 9.17) is 20.7 Å². The van der Waals surface area contributed by atoms with Crippen LogP contribution in [0.2, 0.25) is 0 Å². The highest BCUT2D eigenvalue weighted by atomic mass is 32.2. The molecular formula is C21H31N3O9S. The van der Waals surface area contributed by atoms with E-state index in [1.165, 1.54) is 11.8 Å². The Morgan fingerprint density at radius 2 is 1.97 bits per heavy atom. The number of nitrogens with two attached hydrogens (primary N) is 1. The quantitative estimate of drug-likeness (QED) is 0.183. The molecule has 8 atom stereocenters. The third kappa shape index (κ3) is 5.31. The molecule has 0 aromatic carbocycles. The number of carbonyl (C=O) groups excluding carboxylic acids is 3. The standard InChI is InChI=1S/C21H31N3O9S/c1-9-6-10-2-4-13-21(10,32)16(20(31)33-13)17(9)34-8-12(18(28)23-7-15(26)27)24-14(25)5-3-11(22)19(29)30/h9-13,16-17,32H,2-8,22H2,1H3,(H,23,28)(H,24,25)(H,26,27)(H,29,30)/t9-,10+,11?,12?,13+,16?,17+,21+/m0/s1. The summed E-state index contributed by atoms with van der Waals surface area (Å²) in [7, 11) is 0. The van der Waals surface area contributed by atoms with Crippen LogP contribution in [-0.4, -0.2) is 86.4 Å². The van der Waals surface area contributed by atoms with Gasteiger partial charge in [-0.1, -0.05) is 6.92 Å². The predicted octanol–water partition coefficient (Wildman–Crippen LogP) is -1.31. The van der Waals surface area contributed by atoms with Crippen molar-refractivity contribution >= 4 is 41.5 Å². The Morgan fingerprint density at radius 1 is 1.26 bits per heavy atom. The lowest BCUT2D eigenvalue weighted by Gasteiger charge is -2.44. The maximum Gasteiger partial charge on any atom is 0.322 e. The summed E-state index contributed by atoms with van der Waals surface area (Å²) in [6, 6.07) is -2.36. The van der Waals surface area contributed by atoms with Crippen molar-refractivity contribution in [2.75, 3.05) is 12.3 Å². The summed E-state index contributed by atoms with van der Waals surface area (Å²) in [5, 5.41) is 33.5. The van der Waals surface area contributed by atoms with Crippen molar-refractivity contribution in [2.45, 2.75) is 68.1 Å². The Labute approximate surface area is 200 Å². The van der Waals surface area contributed by atoms with Crippen LogP contribution >= 0.6 is 11.8 Å². The van der Waals surface area contributed by atoms with Gasteiger partial charge in [-0.25, -0.2) is 0 Å². The molecule has 13 heteroatoms. The zero-order valence-corrected chi connectivity index (χ0v) is 19.6. The van der Waals surface area contributed by atoms with Gasteiger partial charge in [-0.15, -0.1) is 0 Å². The third-order valence-corrected chi connectivity index (χ3v) is 8.67. The van der Waals surface area contributed by atoms with Crippen molar-refractivity contribution in [3.05, 3.63) is 0 Å². The van der Waals surface area contributed by atoms with Gasteiger partial charge in [0.1, 0.15) is 36.3 Å². The molecule has 1 aliphatic heterocycles. The lowest BCUT2D eigenvalue weighted by atomic mass is 9.66. The molecular weight excluding hydrogens is 470 g/mol. The maximum absolute atomic E-state index is 12.6. The molecule has 0 spiro atoms. The molecule has 3 rings (SSSR count). The number of carboxylic acids is 2. The topological polar surface area (TPSA) is 205 Å². The largest absolute Gasteiger partial charge is 0.480 e. The minimum atomic E-state index is -1.26. The minimum absolute atomic E-state index is 0.0202. The number of carboxylic acid groups (broad SMARTS) is 2. The van der Waals surface area contributed by atoms with Crippen molar-refractivity contribution < 1.29 is 44.0 Å². The first-order valence-electron chi connectivity index (χ1n) is 11.3. The van der Waals surface area contributed by atoms with Crippen LogP contribution in [0.15, 0.2) is 0 Å². The molecule has 2 aliphatic carbocycles. The smallest absolute Gasteiger partial charge is 0.322 e. The SMILES string of the molecule is C[C@H]1C[C@H]2CC[C@H]3OC(=O)C([C@@H]1SCC(NC(=O)CCC(N)C(=O)O)C(=O)NCC(=O)O)[C@@]23O. The molecule has 7 N–H and O–H groups in total. The molecule has 3 aliphatic rings. The first-order chi connectivity index (χ1) is 15.9. The van der Waals surface area contributed by atoms with Crippen LogP contribution in [0.5, 0.6) is 0 Å². The van der Waals surface area contributed by atoms with Crippen molar-refractivity contribution in [3.8, 4) is 0 Å². The minimum Gasteiger partial charge on any atom is -0.480 e. The monoisotopic (exact) mass is 501 g/mol. The summed E-state index contributed by atoms with van der Waals surface area (Å²) in [4.78, 5) is 59.3. The zero-order chi connectivity index (χ0) is 25.2. The lowest BCUT2D eigenvalue weighted by molar-refractivity contribution is -0.145. The summed E-state index contributed by atoms with van der Waals surface area (Å²) in [5.74, 6) is -5.02. The number of nitrogens with one attached hydrogen (secondary N) is 2. The molecule has 2 saturated carbocycles. The second kappa shape index (κ2) is 10.5. The second-order valence-electron chi connectivity index (χ2n) is 9.29. The van der Waals surface area contributed by atoms with Crippen molar-refractivity contribution in [3.63, 3.8) is 0 Å². The summed E-state index contributed by atoms with van der Waals surface area (Å²) in [6.45, 7) is 1.33. The van der Waals surface area contributed by atoms with Crippen LogP contribution < -0.4 is 16.4 Å². The van der Waals surface area contributed by atoms with Gasteiger partial charge >= 0.3 is 17.9 Å². The molecule has 0 bridgehead atoms. The third-order valence-electron chi connectivity index (χ3n) is 7.02. The number of amides is 2. The number of aliphatic hydroxyl groups is 1. The Kier molecular flexibility index (Phi) is 8.09. The molecule has 12 nitrogen and oxygen atoms in total. The lowest BCUT2D eigenvalue weighted by Crippen LogP contribution is -2.56. The van der Waals surface area contributed by atoms with Crippen LogP contribution in [0.25, 0.3) is 0 Å². The van der Waals surface area contributed by atoms with Crippen LogP contribution in [0.4, 0.5) is 0 Å². The van der Waals surface area contributed by atoms with Gasteiger partial charge in [0.05, 0.1) is 0 Å². The predicted molar refractivity (Wildman–Crippen MR) is 118 cm³/mol. The van der Waals surface area contributed by atoms with Crippen molar-refractivity contribution in [1.82, 2.24) is 10.6 Å². The van der Waals surface area contributed by atoms with Crippen molar-refractivity contribution in [1.29, 1.82) is 0 Å². The zero-order valence-electron chi connectivity index (χ0n) is 18.8. The molecule has 190 valence electrons. The van der Waals surface area contributed by atoms with Crippen LogP contribution in [0.1, 0.15) is 39.0 Å². The average molecular weight is 502 g/mol. The van der Waals surface area contributed by atoms with Gasteiger partial charge in [0.25, 0.3) is 0 Å². The van der Waals surface area contributed by atoms with Crippen LogP contribution in [0.3, 0.4) is 0 Å². The second-order valence-corrected chi connectivity index (χ2v) is 10.5. The highest BCUT2D eigenvalue weighted by Crippen LogP contribution is 2.58. The van der Waals surface area contributed by atoms with E-state index >= 15 is 0 Å². The summed E-state index contributed by atoms with van der Waals surface area (Å²) in [5.41, 5.74) is 4.18. The van der Waals surface area contributed by atoms with E-state index in [2.05, 4.69) is 10.6 Å². The fraction of sp³-hybridized carbons (Fsp3) is 0.762. The number of hydrogen-bond donors (Lipinski definition) is 6. The Balaban J connectivity index is 1.68. The molecule has 0 radical (unpaired) electrons. The number of carbonyl (C=O) groups is 5. The van der Waals surface area contributed by atoms with E-state index in [9.17, 15) is 29.1 Å². The molecule has 3 unspecified atom stereocenters. The highest BCUT2D eigenvalue weighted by molar-refractivity contribution is 8.00. The Bertz CT molecular complexity index is 855. The van der Waals surface area contributed by atoms with Gasteiger partial charge in [-0.3, -0.25) is 24.0 Å². The van der Waals surface area contributed by atoms with Gasteiger partial charge in [0.2, 0.25) is 11.8 Å². The number of rotatable bonds is 11. The summed E-state index contributed by atoms with van der Waals surface area (Å²) in [6.07, 6.45) is 1.19. The number of ether oxygens (including phenoxy) is 1. The molecule has 0 aromatic rings. The fourth-order valence-corrected chi connectivity index (χ4v) is 6.93. The van der Waals surface area contributed by atoms with Gasteiger partial charge < -0.3 is 36.4 Å². The van der Waals surface area contributed by atoms with E-state index in [0.29, 0.717) is 12.8 Å². The van der Waals surface area contributed by atoms with E-state index in [0.717, 1.165) is 6.42 Å². The fourth-order valence-electron chi connectivity index (χ4n) is 5.32. The average Bonchev–Trinajstić information content (AvgIpc) is 3.21. The molecule has 1 heterocycles. The first kappa shape index (κ1) is 26.2. The normalized spacial score (nSPS) is 33.4. The number of thioether (sulfide) groups is 1. The molecule has 1 saturated heterocycles. The molecule has 0 aromatic heterocycles. The van der Waals surface area contributed by atoms with Gasteiger partial charge in [-0.05, 0) is 37.5 Å². The Hall–Kier alpha value is -2.38. The molecule has 3 fully saturated rings. The van der Waals surface area contributed by atoms with Crippen molar-refractivity contribution in [2.24, 2.45) is 23.5 Å². The number of aliphatic carboxylic acids is 2. The number of esters is 1. The highest BCUT2D eigenvalue weighted by Gasteiger charge is 2.68.